The number of hydrogen-bond donors (Lipinski definition) is 1. The van der Waals surface area contributed by atoms with E-state index in [9.17, 15) is 9.59 Å². The Labute approximate surface area is 122 Å². The van der Waals surface area contributed by atoms with Crippen molar-refractivity contribution in [3.8, 4) is 0 Å². The minimum Gasteiger partial charge on any atom is -0.464 e. The lowest BCUT2D eigenvalue weighted by molar-refractivity contribution is -0.147. The van der Waals surface area contributed by atoms with Crippen molar-refractivity contribution in [2.75, 3.05) is 6.61 Å². The Balaban J connectivity index is 2.89. The molecule has 1 N–H and O–H groups in total. The first-order chi connectivity index (χ1) is 8.93. The molecule has 4 nitrogen and oxygen atoms in total. The molecule has 1 aromatic carbocycles. The first-order valence-corrected chi connectivity index (χ1v) is 6.57. The average Bonchev–Trinajstić information content (AvgIpc) is 2.32. The van der Waals surface area contributed by atoms with Gasteiger partial charge in [-0.05, 0) is 30.7 Å². The molecule has 0 unspecified atom stereocenters. The summed E-state index contributed by atoms with van der Waals surface area (Å²) in [4.78, 5) is 22.9. The molecular formula is C13H15Cl2NO3. The van der Waals surface area contributed by atoms with E-state index in [2.05, 4.69) is 5.32 Å². The van der Waals surface area contributed by atoms with E-state index in [4.69, 9.17) is 27.9 Å². The van der Waals surface area contributed by atoms with E-state index in [0.29, 0.717) is 15.6 Å². The molecule has 0 bridgehead atoms. The van der Waals surface area contributed by atoms with Crippen LogP contribution in [0.25, 0.3) is 0 Å². The maximum Gasteiger partial charge on any atom is 0.328 e. The molecule has 0 radical (unpaired) electrons. The molecule has 19 heavy (non-hydrogen) atoms. The zero-order valence-electron chi connectivity index (χ0n) is 10.7. The smallest absolute Gasteiger partial charge is 0.328 e. The van der Waals surface area contributed by atoms with Crippen LogP contribution in [0.5, 0.6) is 0 Å². The number of carbonyl (C=O) groups excluding carboxylic acids is 2. The lowest BCUT2D eigenvalue weighted by Crippen LogP contribution is -2.42. The van der Waals surface area contributed by atoms with Gasteiger partial charge in [-0.15, -0.1) is 0 Å². The molecule has 1 atom stereocenters. The van der Waals surface area contributed by atoms with Crippen LogP contribution < -0.4 is 5.32 Å². The highest BCUT2D eigenvalue weighted by molar-refractivity contribution is 6.33. The van der Waals surface area contributed by atoms with Gasteiger partial charge in [0.25, 0.3) is 0 Å². The van der Waals surface area contributed by atoms with Gasteiger partial charge in [0.15, 0.2) is 0 Å². The minimum absolute atomic E-state index is 0.234. The van der Waals surface area contributed by atoms with Crippen LogP contribution in [0.1, 0.15) is 19.4 Å². The van der Waals surface area contributed by atoms with E-state index < -0.39 is 12.0 Å². The summed E-state index contributed by atoms with van der Waals surface area (Å²) in [5, 5.41) is 3.55. The third kappa shape index (κ3) is 5.09. The summed E-state index contributed by atoms with van der Waals surface area (Å²) in [6.45, 7) is 3.29. The molecule has 0 fully saturated rings. The van der Waals surface area contributed by atoms with Gasteiger partial charge in [0, 0.05) is 23.4 Å². The number of benzene rings is 1. The number of amides is 1. The van der Waals surface area contributed by atoms with E-state index in [-0.39, 0.29) is 18.9 Å². The fourth-order valence-electron chi connectivity index (χ4n) is 1.60. The zero-order valence-corrected chi connectivity index (χ0v) is 12.2. The summed E-state index contributed by atoms with van der Waals surface area (Å²) < 4.78 is 4.92. The van der Waals surface area contributed by atoms with Gasteiger partial charge in [-0.3, -0.25) is 4.79 Å². The molecule has 1 amide bonds. The molecule has 0 spiro atoms. The Bertz CT molecular complexity index is 477. The number of halogens is 2. The van der Waals surface area contributed by atoms with E-state index in [0.717, 1.165) is 0 Å². The van der Waals surface area contributed by atoms with Crippen LogP contribution >= 0.6 is 23.2 Å². The molecule has 1 aromatic rings. The molecular weight excluding hydrogens is 289 g/mol. The molecule has 0 saturated heterocycles. The Hall–Kier alpha value is -1.26. The van der Waals surface area contributed by atoms with Crippen molar-refractivity contribution in [3.05, 3.63) is 33.8 Å². The van der Waals surface area contributed by atoms with Gasteiger partial charge < -0.3 is 10.1 Å². The van der Waals surface area contributed by atoms with Crippen molar-refractivity contribution < 1.29 is 14.3 Å². The molecule has 0 saturated carbocycles. The Morgan fingerprint density at radius 1 is 1.37 bits per heavy atom. The SMILES string of the molecule is CCOC(=O)[C@@H](Cc1cc(Cl)ccc1Cl)NC(C)=O. The number of hydrogen-bond acceptors (Lipinski definition) is 3. The largest absolute Gasteiger partial charge is 0.464 e. The summed E-state index contributed by atoms with van der Waals surface area (Å²) in [6.07, 6.45) is 0.234. The third-order valence-electron chi connectivity index (χ3n) is 2.38. The molecule has 0 aromatic heterocycles. The Morgan fingerprint density at radius 2 is 2.05 bits per heavy atom. The standard InChI is InChI=1S/C13H15Cl2NO3/c1-3-19-13(18)12(16-8(2)17)7-9-6-10(14)4-5-11(9)15/h4-6,12H,3,7H2,1-2H3,(H,16,17)/t12-/m1/s1. The highest BCUT2D eigenvalue weighted by atomic mass is 35.5. The summed E-state index contributed by atoms with van der Waals surface area (Å²) in [6, 6.07) is 4.20. The first kappa shape index (κ1) is 15.8. The monoisotopic (exact) mass is 303 g/mol. The first-order valence-electron chi connectivity index (χ1n) is 5.81. The van der Waals surface area contributed by atoms with Crippen LogP contribution in [0.2, 0.25) is 10.0 Å². The molecule has 0 aliphatic carbocycles. The third-order valence-corrected chi connectivity index (χ3v) is 2.98. The topological polar surface area (TPSA) is 55.4 Å². The molecule has 1 rings (SSSR count). The van der Waals surface area contributed by atoms with Crippen molar-refractivity contribution >= 4 is 35.1 Å². The molecule has 0 aliphatic heterocycles. The van der Waals surface area contributed by atoms with E-state index in [1.165, 1.54) is 6.92 Å². The second kappa shape index (κ2) is 7.36. The number of ether oxygens (including phenoxy) is 1. The highest BCUT2D eigenvalue weighted by Crippen LogP contribution is 2.22. The minimum atomic E-state index is -0.770. The predicted octanol–water partition coefficient (Wildman–Crippen LogP) is 2.60. The fourth-order valence-corrected chi connectivity index (χ4v) is 1.99. The maximum atomic E-state index is 11.8. The molecule has 6 heteroatoms. The number of nitrogens with one attached hydrogen (secondary N) is 1. The maximum absolute atomic E-state index is 11.8. The van der Waals surface area contributed by atoms with Crippen LogP contribution in [0.3, 0.4) is 0 Å². The normalized spacial score (nSPS) is 11.8. The molecule has 0 heterocycles. The lowest BCUT2D eigenvalue weighted by atomic mass is 10.1. The van der Waals surface area contributed by atoms with Gasteiger partial charge >= 0.3 is 5.97 Å². The Morgan fingerprint density at radius 3 is 2.63 bits per heavy atom. The average molecular weight is 304 g/mol. The van der Waals surface area contributed by atoms with Gasteiger partial charge in [0.05, 0.1) is 6.61 Å². The van der Waals surface area contributed by atoms with E-state index in [1.54, 1.807) is 25.1 Å². The van der Waals surface area contributed by atoms with E-state index in [1.807, 2.05) is 0 Å². The quantitative estimate of drug-likeness (QED) is 0.851. The van der Waals surface area contributed by atoms with Crippen molar-refractivity contribution in [2.45, 2.75) is 26.3 Å². The van der Waals surface area contributed by atoms with Gasteiger partial charge in [-0.1, -0.05) is 23.2 Å². The van der Waals surface area contributed by atoms with Gasteiger partial charge in [-0.2, -0.15) is 0 Å². The van der Waals surface area contributed by atoms with Gasteiger partial charge in [0.2, 0.25) is 5.91 Å². The van der Waals surface area contributed by atoms with Crippen LogP contribution in [-0.4, -0.2) is 24.5 Å². The van der Waals surface area contributed by atoms with Crippen molar-refractivity contribution in [1.29, 1.82) is 0 Å². The van der Waals surface area contributed by atoms with Crippen molar-refractivity contribution in [2.24, 2.45) is 0 Å². The van der Waals surface area contributed by atoms with Crippen molar-refractivity contribution in [1.82, 2.24) is 5.32 Å². The van der Waals surface area contributed by atoms with Crippen LogP contribution in [-0.2, 0) is 20.7 Å². The summed E-state index contributed by atoms with van der Waals surface area (Å²) in [7, 11) is 0. The van der Waals surface area contributed by atoms with Gasteiger partial charge in [-0.25, -0.2) is 4.79 Å². The van der Waals surface area contributed by atoms with Gasteiger partial charge in [0.1, 0.15) is 6.04 Å². The molecule has 0 aliphatic rings. The number of esters is 1. The van der Waals surface area contributed by atoms with E-state index >= 15 is 0 Å². The Kier molecular flexibility index (Phi) is 6.12. The number of rotatable bonds is 5. The number of carbonyl (C=O) groups is 2. The summed E-state index contributed by atoms with van der Waals surface area (Å²) in [5.41, 5.74) is 0.681. The second-order valence-electron chi connectivity index (χ2n) is 3.95. The van der Waals surface area contributed by atoms with Crippen molar-refractivity contribution in [3.63, 3.8) is 0 Å². The van der Waals surface area contributed by atoms with Crippen LogP contribution in [0, 0.1) is 0 Å². The summed E-state index contributed by atoms with van der Waals surface area (Å²) in [5.74, 6) is -0.801. The highest BCUT2D eigenvalue weighted by Gasteiger charge is 2.22. The van der Waals surface area contributed by atoms with Crippen LogP contribution in [0.15, 0.2) is 18.2 Å². The second-order valence-corrected chi connectivity index (χ2v) is 4.79. The predicted molar refractivity (Wildman–Crippen MR) is 74.4 cm³/mol. The van der Waals surface area contributed by atoms with Crippen LogP contribution in [0.4, 0.5) is 0 Å². The molecule has 104 valence electrons. The fraction of sp³-hybridized carbons (Fsp3) is 0.385. The zero-order chi connectivity index (χ0) is 14.4. The summed E-state index contributed by atoms with van der Waals surface area (Å²) >= 11 is 11.9. The lowest BCUT2D eigenvalue weighted by Gasteiger charge is -2.17.